The molecule has 4 heteroatoms. The van der Waals surface area contributed by atoms with E-state index < -0.39 is 6.09 Å². The first kappa shape index (κ1) is 8.33. The number of amides is 1. The smallest absolute Gasteiger partial charge is 0.407 e. The van der Waals surface area contributed by atoms with Crippen molar-refractivity contribution in [2.24, 2.45) is 5.92 Å². The summed E-state index contributed by atoms with van der Waals surface area (Å²) in [5, 5.41) is 17.8. The molecule has 1 saturated heterocycles. The molecule has 1 heterocycles. The minimum absolute atomic E-state index is 0.0693. The Hall–Kier alpha value is -0.770. The Kier molecular flexibility index (Phi) is 2.34. The van der Waals surface area contributed by atoms with E-state index >= 15 is 0 Å². The van der Waals surface area contributed by atoms with Crippen molar-refractivity contribution in [3.05, 3.63) is 0 Å². The molecule has 2 atom stereocenters. The van der Waals surface area contributed by atoms with Crippen molar-refractivity contribution in [2.45, 2.75) is 19.4 Å². The van der Waals surface area contributed by atoms with Gasteiger partial charge < -0.3 is 15.1 Å². The second-order valence-electron chi connectivity index (χ2n) is 3.06. The average Bonchev–Trinajstić information content (AvgIpc) is 1.94. The lowest BCUT2D eigenvalue weighted by molar-refractivity contribution is 0.0370. The van der Waals surface area contributed by atoms with Gasteiger partial charge in [-0.1, -0.05) is 6.92 Å². The summed E-state index contributed by atoms with van der Waals surface area (Å²) in [6, 6.07) is 0. The number of rotatable bonds is 0. The highest BCUT2D eigenvalue weighted by atomic mass is 16.4. The highest BCUT2D eigenvalue weighted by molar-refractivity contribution is 5.65. The van der Waals surface area contributed by atoms with Crippen molar-refractivity contribution in [2.75, 3.05) is 13.1 Å². The molecule has 2 N–H and O–H groups in total. The first-order valence-electron chi connectivity index (χ1n) is 3.77. The van der Waals surface area contributed by atoms with Crippen LogP contribution in [0, 0.1) is 5.92 Å². The van der Waals surface area contributed by atoms with E-state index in [1.54, 1.807) is 0 Å². The van der Waals surface area contributed by atoms with Crippen LogP contribution in [0.25, 0.3) is 0 Å². The second-order valence-corrected chi connectivity index (χ2v) is 3.06. The molecular formula is C7H13NO3. The number of aliphatic hydroxyl groups excluding tert-OH is 1. The van der Waals surface area contributed by atoms with Crippen molar-refractivity contribution in [3.63, 3.8) is 0 Å². The zero-order valence-electron chi connectivity index (χ0n) is 6.53. The zero-order valence-corrected chi connectivity index (χ0v) is 6.53. The van der Waals surface area contributed by atoms with Gasteiger partial charge >= 0.3 is 6.09 Å². The molecule has 0 aromatic rings. The van der Waals surface area contributed by atoms with Gasteiger partial charge in [-0.15, -0.1) is 0 Å². The Morgan fingerprint density at radius 1 is 1.64 bits per heavy atom. The largest absolute Gasteiger partial charge is 0.465 e. The van der Waals surface area contributed by atoms with Crippen LogP contribution in [0.15, 0.2) is 0 Å². The lowest BCUT2D eigenvalue weighted by Crippen LogP contribution is -2.44. The number of likely N-dealkylation sites (tertiary alicyclic amines) is 1. The SMILES string of the molecule is C[C@H]1CN(C(=O)O)CC[C@H]1O. The van der Waals surface area contributed by atoms with Gasteiger partial charge in [-0.2, -0.15) is 0 Å². The van der Waals surface area contributed by atoms with E-state index in [-0.39, 0.29) is 12.0 Å². The quantitative estimate of drug-likeness (QED) is 0.536. The van der Waals surface area contributed by atoms with E-state index in [0.717, 1.165) is 0 Å². The molecule has 0 bridgehead atoms. The maximum Gasteiger partial charge on any atom is 0.407 e. The van der Waals surface area contributed by atoms with Crippen molar-refractivity contribution in [3.8, 4) is 0 Å². The maximum absolute atomic E-state index is 10.5. The van der Waals surface area contributed by atoms with Gasteiger partial charge in [-0.05, 0) is 12.3 Å². The topological polar surface area (TPSA) is 60.8 Å². The summed E-state index contributed by atoms with van der Waals surface area (Å²) in [6.45, 7) is 2.77. The average molecular weight is 159 g/mol. The number of nitrogens with zero attached hydrogens (tertiary/aromatic N) is 1. The lowest BCUT2D eigenvalue weighted by Gasteiger charge is -2.32. The van der Waals surface area contributed by atoms with Crippen LogP contribution < -0.4 is 0 Å². The van der Waals surface area contributed by atoms with Gasteiger partial charge in [0.1, 0.15) is 0 Å². The molecule has 1 aliphatic heterocycles. The predicted molar refractivity (Wildman–Crippen MR) is 39.4 cm³/mol. The summed E-state index contributed by atoms with van der Waals surface area (Å²) in [6.07, 6.45) is -0.651. The van der Waals surface area contributed by atoms with Crippen molar-refractivity contribution in [1.82, 2.24) is 4.90 Å². The summed E-state index contributed by atoms with van der Waals surface area (Å²) in [4.78, 5) is 11.8. The summed E-state index contributed by atoms with van der Waals surface area (Å²) in [5.41, 5.74) is 0. The summed E-state index contributed by atoms with van der Waals surface area (Å²) in [5.74, 6) is 0.0693. The molecular weight excluding hydrogens is 146 g/mol. The summed E-state index contributed by atoms with van der Waals surface area (Å²) < 4.78 is 0. The molecule has 0 aromatic heterocycles. The number of hydrogen-bond acceptors (Lipinski definition) is 2. The Balaban J connectivity index is 2.46. The maximum atomic E-state index is 10.5. The van der Waals surface area contributed by atoms with E-state index in [1.165, 1.54) is 4.90 Å². The van der Waals surface area contributed by atoms with Gasteiger partial charge in [0.05, 0.1) is 6.10 Å². The fourth-order valence-electron chi connectivity index (χ4n) is 1.31. The van der Waals surface area contributed by atoms with Gasteiger partial charge in [0.2, 0.25) is 0 Å². The number of hydrogen-bond donors (Lipinski definition) is 2. The predicted octanol–water partition coefficient (Wildman–Crippen LogP) is 0.367. The third-order valence-corrected chi connectivity index (χ3v) is 2.13. The molecule has 11 heavy (non-hydrogen) atoms. The van der Waals surface area contributed by atoms with Crippen LogP contribution >= 0.6 is 0 Å². The molecule has 0 saturated carbocycles. The third-order valence-electron chi connectivity index (χ3n) is 2.13. The Morgan fingerprint density at radius 3 is 2.73 bits per heavy atom. The van der Waals surface area contributed by atoms with Crippen molar-refractivity contribution in [1.29, 1.82) is 0 Å². The monoisotopic (exact) mass is 159 g/mol. The van der Waals surface area contributed by atoms with Gasteiger partial charge in [0, 0.05) is 13.1 Å². The van der Waals surface area contributed by atoms with Crippen LogP contribution in [-0.4, -0.2) is 40.4 Å². The van der Waals surface area contributed by atoms with Crippen LogP contribution in [0.4, 0.5) is 4.79 Å². The zero-order chi connectivity index (χ0) is 8.43. The fraction of sp³-hybridized carbons (Fsp3) is 0.857. The Bertz CT molecular complexity index is 160. The standard InChI is InChI=1S/C7H13NO3/c1-5-4-8(7(10)11)3-2-6(5)9/h5-6,9H,2-4H2,1H3,(H,10,11)/t5-,6+/m0/s1. The number of aliphatic hydroxyl groups is 1. The van der Waals surface area contributed by atoms with Gasteiger partial charge in [-0.3, -0.25) is 0 Å². The Morgan fingerprint density at radius 2 is 2.27 bits per heavy atom. The van der Waals surface area contributed by atoms with Crippen LogP contribution in [0.1, 0.15) is 13.3 Å². The fourth-order valence-corrected chi connectivity index (χ4v) is 1.31. The van der Waals surface area contributed by atoms with E-state index in [4.69, 9.17) is 5.11 Å². The highest BCUT2D eigenvalue weighted by Crippen LogP contribution is 2.15. The van der Waals surface area contributed by atoms with E-state index in [0.29, 0.717) is 19.5 Å². The van der Waals surface area contributed by atoms with Gasteiger partial charge in [0.25, 0.3) is 0 Å². The van der Waals surface area contributed by atoms with Gasteiger partial charge in [-0.25, -0.2) is 4.79 Å². The van der Waals surface area contributed by atoms with Crippen LogP contribution in [0.3, 0.4) is 0 Å². The minimum Gasteiger partial charge on any atom is -0.465 e. The van der Waals surface area contributed by atoms with Crippen LogP contribution in [0.5, 0.6) is 0 Å². The third kappa shape index (κ3) is 1.83. The number of piperidine rings is 1. The molecule has 0 radical (unpaired) electrons. The second kappa shape index (κ2) is 3.09. The van der Waals surface area contributed by atoms with Crippen LogP contribution in [0.2, 0.25) is 0 Å². The first-order valence-corrected chi connectivity index (χ1v) is 3.77. The molecule has 1 fully saturated rings. The van der Waals surface area contributed by atoms with E-state index in [1.807, 2.05) is 6.92 Å². The van der Waals surface area contributed by atoms with Gasteiger partial charge in [0.15, 0.2) is 0 Å². The number of carboxylic acid groups (broad SMARTS) is 1. The Labute approximate surface area is 65.4 Å². The van der Waals surface area contributed by atoms with E-state index in [9.17, 15) is 9.90 Å². The molecule has 1 rings (SSSR count). The molecule has 0 spiro atoms. The van der Waals surface area contributed by atoms with Crippen molar-refractivity contribution >= 4 is 6.09 Å². The summed E-state index contributed by atoms with van der Waals surface area (Å²) in [7, 11) is 0. The minimum atomic E-state index is -0.885. The molecule has 4 nitrogen and oxygen atoms in total. The summed E-state index contributed by atoms with van der Waals surface area (Å²) >= 11 is 0. The molecule has 0 aliphatic carbocycles. The molecule has 0 unspecified atom stereocenters. The molecule has 1 aliphatic rings. The molecule has 64 valence electrons. The molecule has 1 amide bonds. The van der Waals surface area contributed by atoms with Crippen molar-refractivity contribution < 1.29 is 15.0 Å². The lowest BCUT2D eigenvalue weighted by atomic mass is 9.97. The highest BCUT2D eigenvalue weighted by Gasteiger charge is 2.26. The number of carbonyl (C=O) groups is 1. The molecule has 0 aromatic carbocycles. The normalized spacial score (nSPS) is 32.0. The van der Waals surface area contributed by atoms with Crippen LogP contribution in [-0.2, 0) is 0 Å². The van der Waals surface area contributed by atoms with E-state index in [2.05, 4.69) is 0 Å². The first-order chi connectivity index (χ1) is 5.11.